The second-order valence-corrected chi connectivity index (χ2v) is 5.62. The lowest BCUT2D eigenvalue weighted by Gasteiger charge is -2.11. The molecule has 7 heteroatoms. The van der Waals surface area contributed by atoms with Gasteiger partial charge in [-0.2, -0.15) is 8.42 Å². The highest BCUT2D eigenvalue weighted by Gasteiger charge is 2.21. The molecule has 0 aliphatic rings. The monoisotopic (exact) mass is 267 g/mol. The Morgan fingerprint density at radius 1 is 1.22 bits per heavy atom. The topological polar surface area (TPSA) is 74.1 Å². The van der Waals surface area contributed by atoms with E-state index in [0.29, 0.717) is 11.3 Å². The molecule has 0 bridgehead atoms. The van der Waals surface area contributed by atoms with Crippen molar-refractivity contribution in [2.45, 2.75) is 18.7 Å². The van der Waals surface area contributed by atoms with Gasteiger partial charge in [-0.15, -0.1) is 9.19 Å². The van der Waals surface area contributed by atoms with Crippen molar-refractivity contribution in [3.05, 3.63) is 35.9 Å². The minimum absolute atomic E-state index is 0.200. The number of nitrogens with zero attached hydrogens (tertiary/aromatic N) is 3. The first-order valence-electron chi connectivity index (χ1n) is 5.22. The van der Waals surface area contributed by atoms with Crippen molar-refractivity contribution in [2.75, 3.05) is 7.11 Å². The lowest BCUT2D eigenvalue weighted by molar-refractivity contribution is 0.411. The first kappa shape index (κ1) is 12.6. The molecular formula is C11H13N3O3S. The van der Waals surface area contributed by atoms with Crippen molar-refractivity contribution < 1.29 is 13.2 Å². The summed E-state index contributed by atoms with van der Waals surface area (Å²) in [5.74, 6) is 0.657. The predicted octanol–water partition coefficient (Wildman–Crippen LogP) is 1.14. The summed E-state index contributed by atoms with van der Waals surface area (Å²) < 4.78 is 30.6. The van der Waals surface area contributed by atoms with Crippen molar-refractivity contribution in [2.24, 2.45) is 0 Å². The third kappa shape index (κ3) is 1.97. The van der Waals surface area contributed by atoms with Crippen LogP contribution in [-0.4, -0.2) is 29.7 Å². The summed E-state index contributed by atoms with van der Waals surface area (Å²) in [5.41, 5.74) is 1.36. The van der Waals surface area contributed by atoms with E-state index >= 15 is 0 Å². The molecular weight excluding hydrogens is 254 g/mol. The van der Waals surface area contributed by atoms with E-state index < -0.39 is 10.0 Å². The lowest BCUT2D eigenvalue weighted by atomic mass is 10.1. The fourth-order valence-electron chi connectivity index (χ4n) is 1.68. The highest BCUT2D eigenvalue weighted by Crippen LogP contribution is 2.26. The normalized spacial score (nSPS) is 11.5. The molecule has 0 amide bonds. The minimum Gasteiger partial charge on any atom is -0.496 e. The molecule has 96 valence electrons. The Hall–Kier alpha value is -1.89. The molecule has 0 aliphatic carbocycles. The first-order chi connectivity index (χ1) is 8.46. The van der Waals surface area contributed by atoms with Crippen LogP contribution in [0.5, 0.6) is 5.75 Å². The van der Waals surface area contributed by atoms with Crippen molar-refractivity contribution >= 4 is 10.0 Å². The van der Waals surface area contributed by atoms with Gasteiger partial charge in [-0.05, 0) is 37.1 Å². The Morgan fingerprint density at radius 3 is 2.50 bits per heavy atom. The second-order valence-electron chi connectivity index (χ2n) is 3.86. The molecule has 2 aromatic rings. The van der Waals surface area contributed by atoms with Gasteiger partial charge in [-0.25, -0.2) is 4.98 Å². The molecule has 18 heavy (non-hydrogen) atoms. The third-order valence-electron chi connectivity index (χ3n) is 2.61. The van der Waals surface area contributed by atoms with Crippen LogP contribution in [0.1, 0.15) is 11.1 Å². The Balaban J connectivity index is 2.63. The number of hydrogen-bond acceptors (Lipinski definition) is 5. The molecule has 0 fully saturated rings. The highest BCUT2D eigenvalue weighted by molar-refractivity contribution is 7.89. The van der Waals surface area contributed by atoms with Gasteiger partial charge in [0, 0.05) is 0 Å². The van der Waals surface area contributed by atoms with Crippen molar-refractivity contribution in [1.29, 1.82) is 0 Å². The van der Waals surface area contributed by atoms with Crippen LogP contribution in [-0.2, 0) is 10.0 Å². The van der Waals surface area contributed by atoms with Crippen LogP contribution in [0.25, 0.3) is 0 Å². The summed E-state index contributed by atoms with van der Waals surface area (Å²) in [5, 5.41) is 3.66. The molecule has 1 aromatic carbocycles. The first-order valence-corrected chi connectivity index (χ1v) is 6.66. The van der Waals surface area contributed by atoms with Gasteiger partial charge in [-0.3, -0.25) is 0 Å². The molecule has 6 nitrogen and oxygen atoms in total. The van der Waals surface area contributed by atoms with Gasteiger partial charge < -0.3 is 4.74 Å². The van der Waals surface area contributed by atoms with Crippen LogP contribution in [0, 0.1) is 13.8 Å². The van der Waals surface area contributed by atoms with Gasteiger partial charge in [0.25, 0.3) is 10.0 Å². The van der Waals surface area contributed by atoms with Gasteiger partial charge in [0.2, 0.25) is 0 Å². The Kier molecular flexibility index (Phi) is 3.08. The summed E-state index contributed by atoms with van der Waals surface area (Å²) in [6.45, 7) is 3.50. The smallest absolute Gasteiger partial charge is 0.284 e. The van der Waals surface area contributed by atoms with Crippen LogP contribution >= 0.6 is 0 Å². The third-order valence-corrected chi connectivity index (χ3v) is 4.29. The summed E-state index contributed by atoms with van der Waals surface area (Å²) in [6, 6.07) is 3.27. The number of benzene rings is 1. The number of aryl methyl sites for hydroxylation is 2. The molecule has 1 aromatic heterocycles. The summed E-state index contributed by atoms with van der Waals surface area (Å²) in [4.78, 5) is 3.85. The molecule has 0 unspecified atom stereocenters. The number of aromatic nitrogens is 3. The van der Waals surface area contributed by atoms with Crippen LogP contribution in [0.3, 0.4) is 0 Å². The van der Waals surface area contributed by atoms with E-state index in [1.54, 1.807) is 33.1 Å². The number of methoxy groups -OCH3 is 1. The lowest BCUT2D eigenvalue weighted by Crippen LogP contribution is -2.15. The van der Waals surface area contributed by atoms with Gasteiger partial charge in [-0.1, -0.05) is 0 Å². The van der Waals surface area contributed by atoms with Gasteiger partial charge in [0.1, 0.15) is 18.4 Å². The maximum absolute atomic E-state index is 12.3. The van der Waals surface area contributed by atoms with Crippen LogP contribution < -0.4 is 4.74 Å². The Bertz CT molecular complexity index is 663. The van der Waals surface area contributed by atoms with E-state index in [0.717, 1.165) is 16.0 Å². The largest absolute Gasteiger partial charge is 0.496 e. The zero-order chi connectivity index (χ0) is 13.3. The van der Waals surface area contributed by atoms with E-state index in [4.69, 9.17) is 4.74 Å². The van der Waals surface area contributed by atoms with Gasteiger partial charge >= 0.3 is 0 Å². The van der Waals surface area contributed by atoms with Crippen molar-refractivity contribution in [3.63, 3.8) is 0 Å². The standard InChI is InChI=1S/C11H13N3O3S/c1-8-5-11(9(2)4-10(8)17-3)18(15,16)14-7-12-6-13-14/h4-7H,1-3H3. The summed E-state index contributed by atoms with van der Waals surface area (Å²) in [7, 11) is -2.14. The molecule has 1 heterocycles. The zero-order valence-electron chi connectivity index (χ0n) is 10.3. The average Bonchev–Trinajstić information content (AvgIpc) is 2.85. The average molecular weight is 267 g/mol. The SMILES string of the molecule is COc1cc(C)c(S(=O)(=O)n2cncn2)cc1C. The maximum atomic E-state index is 12.3. The van der Waals surface area contributed by atoms with E-state index in [1.165, 1.54) is 6.33 Å². The van der Waals surface area contributed by atoms with Crippen LogP contribution in [0.15, 0.2) is 29.7 Å². The zero-order valence-corrected chi connectivity index (χ0v) is 11.1. The Labute approximate surface area is 105 Å². The van der Waals surface area contributed by atoms with Crippen molar-refractivity contribution in [1.82, 2.24) is 14.2 Å². The fraction of sp³-hybridized carbons (Fsp3) is 0.273. The van der Waals surface area contributed by atoms with Gasteiger partial charge in [0.05, 0.1) is 12.0 Å². The van der Waals surface area contributed by atoms with E-state index in [2.05, 4.69) is 10.1 Å². The van der Waals surface area contributed by atoms with Crippen molar-refractivity contribution in [3.8, 4) is 5.75 Å². The molecule has 0 atom stereocenters. The summed E-state index contributed by atoms with van der Waals surface area (Å²) in [6.07, 6.45) is 2.34. The second kappa shape index (κ2) is 4.41. The molecule has 0 saturated heterocycles. The predicted molar refractivity (Wildman–Crippen MR) is 65.1 cm³/mol. The van der Waals surface area contributed by atoms with E-state index in [-0.39, 0.29) is 4.90 Å². The number of ether oxygens (including phenoxy) is 1. The maximum Gasteiger partial charge on any atom is 0.284 e. The van der Waals surface area contributed by atoms with E-state index in [1.807, 2.05) is 0 Å². The molecule has 0 spiro atoms. The fourth-order valence-corrected chi connectivity index (χ4v) is 3.02. The number of rotatable bonds is 3. The Morgan fingerprint density at radius 2 is 1.94 bits per heavy atom. The number of hydrogen-bond donors (Lipinski definition) is 0. The molecule has 0 radical (unpaired) electrons. The summed E-state index contributed by atoms with van der Waals surface area (Å²) >= 11 is 0. The van der Waals surface area contributed by atoms with Gasteiger partial charge in [0.15, 0.2) is 0 Å². The minimum atomic E-state index is -3.69. The van der Waals surface area contributed by atoms with Crippen LogP contribution in [0.4, 0.5) is 0 Å². The van der Waals surface area contributed by atoms with E-state index in [9.17, 15) is 8.42 Å². The molecule has 0 aliphatic heterocycles. The molecule has 0 N–H and O–H groups in total. The quantitative estimate of drug-likeness (QED) is 0.833. The molecule has 0 saturated carbocycles. The molecule has 2 rings (SSSR count). The highest BCUT2D eigenvalue weighted by atomic mass is 32.2. The van der Waals surface area contributed by atoms with Crippen LogP contribution in [0.2, 0.25) is 0 Å².